The Balaban J connectivity index is -0.000000101. The van der Waals surface area contributed by atoms with Crippen molar-refractivity contribution in [2.24, 2.45) is 5.92 Å². The molecule has 2 nitrogen and oxygen atoms in total. The van der Waals surface area contributed by atoms with E-state index >= 15 is 0 Å². The molecule has 0 heterocycles. The summed E-state index contributed by atoms with van der Waals surface area (Å²) < 4.78 is 4.62. The average molecular weight is 194 g/mol. The summed E-state index contributed by atoms with van der Waals surface area (Å²) in [5.41, 5.74) is 0. The zero-order chi connectivity index (χ0) is 6.69. The van der Waals surface area contributed by atoms with Crippen molar-refractivity contribution < 1.29 is 71.5 Å². The number of ether oxygens (including phenoxy) is 1. The number of thiol groups is 1. The molecule has 1 saturated carbocycles. The van der Waals surface area contributed by atoms with Gasteiger partial charge in [-0.15, -0.1) is 12.6 Å². The van der Waals surface area contributed by atoms with Crippen LogP contribution in [0.15, 0.2) is 0 Å². The van der Waals surface area contributed by atoms with Gasteiger partial charge in [-0.2, -0.15) is 0 Å². The van der Waals surface area contributed by atoms with Crippen LogP contribution in [0.2, 0.25) is 0 Å². The van der Waals surface area contributed by atoms with Gasteiger partial charge in [0.1, 0.15) is 5.94 Å². The maximum atomic E-state index is 10.6. The monoisotopic (exact) mass is 194 g/mol. The first-order valence-corrected chi connectivity index (χ1v) is 3.72. The molecule has 1 aliphatic carbocycles. The summed E-state index contributed by atoms with van der Waals surface area (Å²) in [6.45, 7) is 0. The summed E-state index contributed by atoms with van der Waals surface area (Å²) in [6, 6.07) is 0. The molecule has 0 aromatic carbocycles. The molecule has 0 bridgehead atoms. The maximum Gasteiger partial charge on any atom is 1.00 e. The van der Waals surface area contributed by atoms with Crippen LogP contribution in [0.5, 0.6) is 0 Å². The first-order chi connectivity index (χ1) is 4.33. The predicted molar refractivity (Wildman–Crippen MR) is 39.5 cm³/mol. The van der Waals surface area contributed by atoms with E-state index in [9.17, 15) is 4.79 Å². The van der Waals surface area contributed by atoms with Gasteiger partial charge in [-0.25, -0.2) is 0 Å². The van der Waals surface area contributed by atoms with E-state index in [2.05, 4.69) is 17.4 Å². The van der Waals surface area contributed by atoms with Gasteiger partial charge in [-0.3, -0.25) is 4.79 Å². The Hall–Kier alpha value is 1.82. The minimum Gasteiger partial charge on any atom is -1.00 e. The number of hydrogen-bond acceptors (Lipinski definition) is 3. The second-order valence-corrected chi connectivity index (χ2v) is 2.55. The second-order valence-electron chi connectivity index (χ2n) is 2.29. The fourth-order valence-corrected chi connectivity index (χ4v) is 0.833. The van der Waals surface area contributed by atoms with Crippen LogP contribution < -0.4 is 59.1 Å². The maximum absolute atomic E-state index is 10.6. The average Bonchev–Trinajstić information content (AvgIpc) is 2.50. The molecule has 0 aromatic rings. The quantitative estimate of drug-likeness (QED) is 0.212. The number of esters is 1. The Kier molecular flexibility index (Phi) is 11.7. The minimum absolute atomic E-state index is 0. The van der Waals surface area contributed by atoms with E-state index in [1.165, 1.54) is 12.8 Å². The smallest absolute Gasteiger partial charge is 1.00 e. The van der Waals surface area contributed by atoms with Crippen molar-refractivity contribution in [3.63, 3.8) is 0 Å². The molecule has 11 heavy (non-hydrogen) atoms. The Morgan fingerprint density at radius 3 is 2.45 bits per heavy atom. The van der Waals surface area contributed by atoms with Crippen molar-refractivity contribution in [1.29, 1.82) is 0 Å². The van der Waals surface area contributed by atoms with E-state index < -0.39 is 0 Å². The van der Waals surface area contributed by atoms with Gasteiger partial charge in [-0.05, 0) is 18.8 Å². The van der Waals surface area contributed by atoms with Gasteiger partial charge in [-0.1, -0.05) is 0 Å². The van der Waals surface area contributed by atoms with Crippen LogP contribution in [0.3, 0.4) is 0 Å². The van der Waals surface area contributed by atoms with Crippen LogP contribution in [-0.2, 0) is 9.53 Å². The van der Waals surface area contributed by atoms with E-state index in [1.54, 1.807) is 0 Å². The molecule has 0 N–H and O–H groups in total. The summed E-state index contributed by atoms with van der Waals surface area (Å²) in [5, 5.41) is 0. The number of carbonyl (C=O) groups excluding carboxylic acids is 1. The zero-order valence-corrected chi connectivity index (χ0v) is 12.1. The van der Waals surface area contributed by atoms with Gasteiger partial charge in [0.05, 0.1) is 0 Å². The summed E-state index contributed by atoms with van der Waals surface area (Å²) in [5.74, 6) is 0.732. The van der Waals surface area contributed by atoms with Crippen molar-refractivity contribution in [2.75, 3.05) is 5.94 Å². The Morgan fingerprint density at radius 2 is 2.09 bits per heavy atom. The molecule has 1 rings (SSSR count). The predicted octanol–water partition coefficient (Wildman–Crippen LogP) is -4.55. The fourth-order valence-electron chi connectivity index (χ4n) is 0.689. The fraction of sp³-hybridized carbons (Fsp3) is 0.833. The molecular formula is C6H12Na2O2S. The van der Waals surface area contributed by atoms with Crippen LogP contribution >= 0.6 is 12.6 Å². The van der Waals surface area contributed by atoms with Crippen LogP contribution in [0.4, 0.5) is 0 Å². The Labute approximate surface area is 120 Å². The topological polar surface area (TPSA) is 26.3 Å². The van der Waals surface area contributed by atoms with Gasteiger partial charge in [0.2, 0.25) is 0 Å². The molecule has 0 atom stereocenters. The van der Waals surface area contributed by atoms with Crippen LogP contribution in [0.25, 0.3) is 0 Å². The van der Waals surface area contributed by atoms with Crippen molar-refractivity contribution >= 4 is 18.6 Å². The van der Waals surface area contributed by atoms with Gasteiger partial charge in [0.15, 0.2) is 0 Å². The van der Waals surface area contributed by atoms with E-state index in [4.69, 9.17) is 0 Å². The van der Waals surface area contributed by atoms with E-state index in [0.717, 1.165) is 0 Å². The van der Waals surface area contributed by atoms with E-state index in [-0.39, 0.29) is 73.9 Å². The summed E-state index contributed by atoms with van der Waals surface area (Å²) in [6.07, 6.45) is 2.99. The van der Waals surface area contributed by atoms with Gasteiger partial charge in [0, 0.05) is 6.42 Å². The third kappa shape index (κ3) is 8.16. The molecule has 0 spiro atoms. The van der Waals surface area contributed by atoms with E-state index in [0.29, 0.717) is 12.3 Å². The van der Waals surface area contributed by atoms with Crippen LogP contribution in [-0.4, -0.2) is 11.9 Å². The first kappa shape index (κ1) is 15.3. The molecule has 5 heteroatoms. The van der Waals surface area contributed by atoms with Crippen molar-refractivity contribution in [3.05, 3.63) is 0 Å². The SMILES string of the molecule is O=C(CC1CC1)OCS.[H-].[H-].[Na+].[Na+]. The summed E-state index contributed by atoms with van der Waals surface area (Å²) in [4.78, 5) is 10.6. The van der Waals surface area contributed by atoms with E-state index in [1.807, 2.05) is 0 Å². The Bertz CT molecular complexity index is 125. The first-order valence-electron chi connectivity index (χ1n) is 3.09. The van der Waals surface area contributed by atoms with Gasteiger partial charge < -0.3 is 7.59 Å². The number of carbonyl (C=O) groups is 1. The van der Waals surface area contributed by atoms with Crippen LogP contribution in [0, 0.1) is 5.92 Å². The normalized spacial score (nSPS) is 14.3. The molecule has 0 aromatic heterocycles. The molecule has 0 aliphatic heterocycles. The molecule has 0 saturated heterocycles. The van der Waals surface area contributed by atoms with Gasteiger partial charge >= 0.3 is 65.1 Å². The van der Waals surface area contributed by atoms with Gasteiger partial charge in [0.25, 0.3) is 0 Å². The number of hydrogen-bond donors (Lipinski definition) is 1. The molecular weight excluding hydrogens is 182 g/mol. The molecule has 1 fully saturated rings. The third-order valence-corrected chi connectivity index (χ3v) is 1.51. The molecule has 0 amide bonds. The van der Waals surface area contributed by atoms with Crippen molar-refractivity contribution in [2.45, 2.75) is 19.3 Å². The van der Waals surface area contributed by atoms with Crippen LogP contribution in [0.1, 0.15) is 22.1 Å². The molecule has 1 aliphatic rings. The molecule has 0 unspecified atom stereocenters. The standard InChI is InChI=1S/C6H10O2S.2Na.2H/c7-6(8-4-9)3-5-1-2-5;;;;/h5,9H,1-4H2;;;;/q;2*+1;2*-1. The molecule has 0 radical (unpaired) electrons. The Morgan fingerprint density at radius 1 is 1.55 bits per heavy atom. The number of rotatable bonds is 3. The van der Waals surface area contributed by atoms with Crippen molar-refractivity contribution in [1.82, 2.24) is 0 Å². The minimum atomic E-state index is -0.104. The summed E-state index contributed by atoms with van der Waals surface area (Å²) in [7, 11) is 0. The van der Waals surface area contributed by atoms with Crippen molar-refractivity contribution in [3.8, 4) is 0 Å². The zero-order valence-electron chi connectivity index (χ0n) is 9.17. The summed E-state index contributed by atoms with van der Waals surface area (Å²) >= 11 is 3.76. The largest absolute Gasteiger partial charge is 1.00 e. The second kappa shape index (κ2) is 8.42. The molecule has 56 valence electrons. The third-order valence-electron chi connectivity index (χ3n) is 1.38.